The van der Waals surface area contributed by atoms with Crippen molar-refractivity contribution in [3.63, 3.8) is 0 Å². The van der Waals surface area contributed by atoms with Crippen LogP contribution < -0.4 is 5.43 Å². The highest BCUT2D eigenvalue weighted by Gasteiger charge is 2.20. The zero-order valence-corrected chi connectivity index (χ0v) is 12.2. The third-order valence-corrected chi connectivity index (χ3v) is 3.47. The fourth-order valence-corrected chi connectivity index (χ4v) is 2.35. The van der Waals surface area contributed by atoms with Crippen LogP contribution in [0, 0.1) is 19.6 Å². The normalized spacial score (nSPS) is 10.4. The van der Waals surface area contributed by atoms with Crippen molar-refractivity contribution >= 4 is 33.7 Å². The Bertz CT molecular complexity index is 1090. The minimum Gasteiger partial charge on any atom is -0.453 e. The molecule has 0 aliphatic carbocycles. The largest absolute Gasteiger partial charge is 0.453 e. The van der Waals surface area contributed by atoms with Crippen LogP contribution in [0.5, 0.6) is 0 Å². The van der Waals surface area contributed by atoms with E-state index in [0.717, 1.165) is 12.1 Å². The van der Waals surface area contributed by atoms with Crippen molar-refractivity contribution in [2.45, 2.75) is 0 Å². The first-order chi connectivity index (χ1) is 12.1. The number of nitrogens with zero attached hydrogens (tertiary/aromatic N) is 4. The smallest absolute Gasteiger partial charge is 0.224 e. The molecule has 0 N–H and O–H groups in total. The summed E-state index contributed by atoms with van der Waals surface area (Å²) in [5, 5.41) is 10.5. The average Bonchev–Trinajstić information content (AvgIpc) is 2.66. The molecule has 25 heavy (non-hydrogen) atoms. The quantitative estimate of drug-likeness (QED) is 0.594. The van der Waals surface area contributed by atoms with Crippen LogP contribution in [0.3, 0.4) is 0 Å². The van der Waals surface area contributed by atoms with E-state index in [2.05, 4.69) is 20.7 Å². The van der Waals surface area contributed by atoms with Gasteiger partial charge in [-0.2, -0.15) is 0 Å². The van der Waals surface area contributed by atoms with Gasteiger partial charge < -0.3 is 4.42 Å². The molecule has 10 heteroatoms. The van der Waals surface area contributed by atoms with E-state index in [1.54, 1.807) is 0 Å². The van der Waals surface area contributed by atoms with Crippen LogP contribution in [0.15, 0.2) is 66.3 Å². The molecule has 1 heterocycles. The van der Waals surface area contributed by atoms with E-state index < -0.39 is 16.8 Å². The fraction of sp³-hybridized carbons (Fsp3) is 0. The Hall–Kier alpha value is -3.95. The highest BCUT2D eigenvalue weighted by molar-refractivity contribution is 5.95. The first kappa shape index (κ1) is 15.9. The SMILES string of the molecule is O=Nc1ccc(-c2oc3cc(N=O)cc(N=O)c3c(=O)c2N=O)cc1. The Kier molecular flexibility index (Phi) is 4.00. The molecule has 0 aliphatic rings. The van der Waals surface area contributed by atoms with Gasteiger partial charge >= 0.3 is 0 Å². The molecular weight excluding hydrogens is 332 g/mol. The van der Waals surface area contributed by atoms with Gasteiger partial charge in [0.15, 0.2) is 11.4 Å². The standard InChI is InChI=1S/C15H6N4O6/c20-14-12-10(18-23)5-9(17-22)6-11(12)25-15(13(14)19-24)7-1-3-8(16-21)4-2-7/h1-6H. The Morgan fingerprint density at radius 3 is 2.00 bits per heavy atom. The summed E-state index contributed by atoms with van der Waals surface area (Å²) in [6, 6.07) is 7.63. The van der Waals surface area contributed by atoms with Crippen LogP contribution in [0.2, 0.25) is 0 Å². The van der Waals surface area contributed by atoms with E-state index in [9.17, 15) is 24.4 Å². The number of nitroso groups, excluding NO2 is 4. The van der Waals surface area contributed by atoms with Gasteiger partial charge in [-0.25, -0.2) is 0 Å². The summed E-state index contributed by atoms with van der Waals surface area (Å²) in [5.41, 5.74) is -1.77. The number of rotatable bonds is 5. The molecule has 10 nitrogen and oxygen atoms in total. The molecule has 1 aromatic heterocycles. The lowest BCUT2D eigenvalue weighted by atomic mass is 10.1. The van der Waals surface area contributed by atoms with Gasteiger partial charge in [-0.15, -0.1) is 19.6 Å². The first-order valence-electron chi connectivity index (χ1n) is 6.71. The van der Waals surface area contributed by atoms with Crippen LogP contribution >= 0.6 is 0 Å². The molecule has 0 saturated carbocycles. The molecule has 0 fully saturated rings. The Morgan fingerprint density at radius 2 is 1.44 bits per heavy atom. The minimum absolute atomic E-state index is 0.132. The third kappa shape index (κ3) is 2.61. The van der Waals surface area contributed by atoms with E-state index in [-0.39, 0.29) is 33.7 Å². The summed E-state index contributed by atoms with van der Waals surface area (Å²) >= 11 is 0. The third-order valence-electron chi connectivity index (χ3n) is 3.47. The molecular formula is C15H6N4O6. The van der Waals surface area contributed by atoms with E-state index in [0.29, 0.717) is 0 Å². The summed E-state index contributed by atoms with van der Waals surface area (Å²) in [5.74, 6) is -0.190. The van der Waals surface area contributed by atoms with Gasteiger partial charge in [0.1, 0.15) is 22.6 Å². The molecule has 3 rings (SSSR count). The van der Waals surface area contributed by atoms with Gasteiger partial charge in [0.2, 0.25) is 5.43 Å². The van der Waals surface area contributed by atoms with E-state index in [4.69, 9.17) is 4.42 Å². The number of benzene rings is 2. The predicted octanol–water partition coefficient (Wildman–Crippen LogP) is 5.05. The molecule has 0 aliphatic heterocycles. The van der Waals surface area contributed by atoms with Crippen molar-refractivity contribution in [2.75, 3.05) is 0 Å². The Balaban J connectivity index is 2.41. The maximum Gasteiger partial charge on any atom is 0.224 e. The van der Waals surface area contributed by atoms with E-state index in [1.165, 1.54) is 24.3 Å². The van der Waals surface area contributed by atoms with Crippen molar-refractivity contribution < 1.29 is 4.42 Å². The van der Waals surface area contributed by atoms with Crippen LogP contribution in [0.1, 0.15) is 0 Å². The molecule has 2 aromatic carbocycles. The highest BCUT2D eigenvalue weighted by Crippen LogP contribution is 2.36. The second-order valence-electron chi connectivity index (χ2n) is 4.86. The number of fused-ring (bicyclic) bond motifs is 1. The average molecular weight is 338 g/mol. The molecule has 3 aromatic rings. The van der Waals surface area contributed by atoms with Gasteiger partial charge in [-0.05, 0) is 51.0 Å². The zero-order chi connectivity index (χ0) is 18.0. The molecule has 0 atom stereocenters. The molecule has 0 bridgehead atoms. The van der Waals surface area contributed by atoms with Gasteiger partial charge in [-0.3, -0.25) is 4.79 Å². The maximum absolute atomic E-state index is 12.5. The lowest BCUT2D eigenvalue weighted by molar-refractivity contribution is 0.620. The molecule has 0 saturated heterocycles. The van der Waals surface area contributed by atoms with Gasteiger partial charge in [0.25, 0.3) is 0 Å². The van der Waals surface area contributed by atoms with Crippen molar-refractivity contribution in [3.05, 3.63) is 66.2 Å². The van der Waals surface area contributed by atoms with Crippen molar-refractivity contribution in [3.8, 4) is 11.3 Å². The molecule has 0 radical (unpaired) electrons. The lowest BCUT2D eigenvalue weighted by Gasteiger charge is -2.06. The molecule has 122 valence electrons. The van der Waals surface area contributed by atoms with Crippen molar-refractivity contribution in [1.82, 2.24) is 0 Å². The monoisotopic (exact) mass is 338 g/mol. The summed E-state index contributed by atoms with van der Waals surface area (Å²) < 4.78 is 5.51. The summed E-state index contributed by atoms with van der Waals surface area (Å²) in [6.07, 6.45) is 0. The van der Waals surface area contributed by atoms with Gasteiger partial charge in [0.05, 0.1) is 5.39 Å². The second kappa shape index (κ2) is 6.28. The van der Waals surface area contributed by atoms with Gasteiger partial charge in [0, 0.05) is 11.6 Å². The topological polar surface area (TPSA) is 148 Å². The lowest BCUT2D eigenvalue weighted by Crippen LogP contribution is -2.03. The van der Waals surface area contributed by atoms with Gasteiger partial charge in [-0.1, -0.05) is 0 Å². The van der Waals surface area contributed by atoms with Crippen LogP contribution in [0.4, 0.5) is 22.7 Å². The van der Waals surface area contributed by atoms with Crippen molar-refractivity contribution in [2.24, 2.45) is 20.7 Å². The van der Waals surface area contributed by atoms with Crippen LogP contribution in [0.25, 0.3) is 22.3 Å². The van der Waals surface area contributed by atoms with Crippen LogP contribution in [-0.4, -0.2) is 0 Å². The second-order valence-corrected chi connectivity index (χ2v) is 4.86. The Labute approximate surface area is 137 Å². The molecule has 0 amide bonds. The Morgan fingerprint density at radius 1 is 0.760 bits per heavy atom. The summed E-state index contributed by atoms with van der Waals surface area (Å²) in [4.78, 5) is 55.8. The summed E-state index contributed by atoms with van der Waals surface area (Å²) in [6.45, 7) is 0. The summed E-state index contributed by atoms with van der Waals surface area (Å²) in [7, 11) is 0. The highest BCUT2D eigenvalue weighted by atomic mass is 16.3. The molecule has 0 unspecified atom stereocenters. The fourth-order valence-electron chi connectivity index (χ4n) is 2.35. The van der Waals surface area contributed by atoms with E-state index >= 15 is 0 Å². The number of hydrogen-bond acceptors (Lipinski definition) is 10. The number of hydrogen-bond donors (Lipinski definition) is 0. The maximum atomic E-state index is 12.5. The zero-order valence-electron chi connectivity index (χ0n) is 12.2. The first-order valence-corrected chi connectivity index (χ1v) is 6.71. The predicted molar refractivity (Wildman–Crippen MR) is 89.7 cm³/mol. The van der Waals surface area contributed by atoms with Crippen LogP contribution in [-0.2, 0) is 0 Å². The van der Waals surface area contributed by atoms with Crippen molar-refractivity contribution in [1.29, 1.82) is 0 Å². The minimum atomic E-state index is -0.879. The molecule has 0 spiro atoms. The van der Waals surface area contributed by atoms with E-state index in [1.807, 2.05) is 0 Å².